The molecule has 18 heavy (non-hydrogen) atoms. The lowest BCUT2D eigenvalue weighted by Gasteiger charge is -2.20. The Morgan fingerprint density at radius 3 is 1.94 bits per heavy atom. The lowest BCUT2D eigenvalue weighted by atomic mass is 9.91. The highest BCUT2D eigenvalue weighted by molar-refractivity contribution is 5.84. The lowest BCUT2D eigenvalue weighted by Crippen LogP contribution is -2.31. The normalized spacial score (nSPS) is 14.7. The van der Waals surface area contributed by atoms with E-state index in [1.807, 2.05) is 20.8 Å². The second kappa shape index (κ2) is 6.37. The number of hydrogen-bond donors (Lipinski definition) is 2. The molecule has 0 heterocycles. The molecule has 0 radical (unpaired) electrons. The molecule has 2 unspecified atom stereocenters. The highest BCUT2D eigenvalue weighted by atomic mass is 16.5. The Labute approximate surface area is 106 Å². The van der Waals surface area contributed by atoms with E-state index >= 15 is 0 Å². The van der Waals surface area contributed by atoms with Crippen LogP contribution in [0.4, 0.5) is 0 Å². The van der Waals surface area contributed by atoms with E-state index in [-0.39, 0.29) is 12.0 Å². The quantitative estimate of drug-likeness (QED) is 0.700. The molecule has 0 fully saturated rings. The summed E-state index contributed by atoms with van der Waals surface area (Å²) in [7, 11) is 0. The van der Waals surface area contributed by atoms with Gasteiger partial charge in [0.25, 0.3) is 0 Å². The molecule has 0 spiro atoms. The molecule has 0 aliphatic rings. The van der Waals surface area contributed by atoms with Gasteiger partial charge < -0.3 is 14.9 Å². The smallest absolute Gasteiger partial charge is 0.307 e. The fourth-order valence-corrected chi connectivity index (χ4v) is 1.19. The standard InChI is InChI=1S/C12H20O6/c1-7(10(14)15)8(11(16)17)5-9(13)18-6-12(2,3)4/h7-8H,5-6H2,1-4H3,(H,14,15)(H,16,17). The molecule has 0 aliphatic carbocycles. The Hall–Kier alpha value is -1.59. The summed E-state index contributed by atoms with van der Waals surface area (Å²) in [5.74, 6) is -5.64. The molecule has 0 aromatic rings. The number of carboxylic acid groups (broad SMARTS) is 2. The number of aliphatic carboxylic acids is 2. The summed E-state index contributed by atoms with van der Waals surface area (Å²) in [5.41, 5.74) is -0.215. The van der Waals surface area contributed by atoms with Gasteiger partial charge in [0.15, 0.2) is 0 Å². The summed E-state index contributed by atoms with van der Waals surface area (Å²) in [5, 5.41) is 17.7. The monoisotopic (exact) mass is 260 g/mol. The Morgan fingerprint density at radius 2 is 1.61 bits per heavy atom. The summed E-state index contributed by atoms with van der Waals surface area (Å²) in [4.78, 5) is 33.1. The van der Waals surface area contributed by atoms with Crippen LogP contribution in [0.3, 0.4) is 0 Å². The molecule has 0 aromatic carbocycles. The van der Waals surface area contributed by atoms with Crippen molar-refractivity contribution in [2.45, 2.75) is 34.1 Å². The Morgan fingerprint density at radius 1 is 1.11 bits per heavy atom. The molecule has 104 valence electrons. The number of carboxylic acids is 2. The van der Waals surface area contributed by atoms with E-state index in [9.17, 15) is 14.4 Å². The van der Waals surface area contributed by atoms with Gasteiger partial charge in [0.2, 0.25) is 0 Å². The number of esters is 1. The van der Waals surface area contributed by atoms with Crippen LogP contribution >= 0.6 is 0 Å². The zero-order valence-electron chi connectivity index (χ0n) is 11.1. The first-order chi connectivity index (χ1) is 8.04. The van der Waals surface area contributed by atoms with Crippen molar-refractivity contribution in [1.29, 1.82) is 0 Å². The van der Waals surface area contributed by atoms with Gasteiger partial charge in [0, 0.05) is 0 Å². The van der Waals surface area contributed by atoms with Gasteiger partial charge >= 0.3 is 17.9 Å². The third-order valence-corrected chi connectivity index (χ3v) is 2.36. The average Bonchev–Trinajstić information content (AvgIpc) is 2.20. The maximum atomic E-state index is 11.5. The third-order valence-electron chi connectivity index (χ3n) is 2.36. The number of carbonyl (C=O) groups excluding carboxylic acids is 1. The molecule has 6 heteroatoms. The Kier molecular flexibility index (Phi) is 5.81. The third kappa shape index (κ3) is 6.22. The van der Waals surface area contributed by atoms with Crippen LogP contribution in [0.15, 0.2) is 0 Å². The summed E-state index contributed by atoms with van der Waals surface area (Å²) in [6.07, 6.45) is -0.432. The molecule has 0 aromatic heterocycles. The van der Waals surface area contributed by atoms with Gasteiger partial charge in [0.1, 0.15) is 0 Å². The largest absolute Gasteiger partial charge is 0.481 e. The molecule has 0 aliphatic heterocycles. The second-order valence-corrected chi connectivity index (χ2v) is 5.50. The van der Waals surface area contributed by atoms with Crippen LogP contribution in [0, 0.1) is 17.3 Å². The van der Waals surface area contributed by atoms with E-state index in [0.717, 1.165) is 0 Å². The van der Waals surface area contributed by atoms with Gasteiger partial charge in [-0.3, -0.25) is 14.4 Å². The molecule has 2 atom stereocenters. The van der Waals surface area contributed by atoms with Crippen molar-refractivity contribution in [3.8, 4) is 0 Å². The predicted octanol–water partition coefficient (Wildman–Crippen LogP) is 1.39. The van der Waals surface area contributed by atoms with E-state index in [1.54, 1.807) is 0 Å². The highest BCUT2D eigenvalue weighted by Gasteiger charge is 2.32. The molecular weight excluding hydrogens is 240 g/mol. The molecular formula is C12H20O6. The van der Waals surface area contributed by atoms with Crippen LogP contribution in [0.2, 0.25) is 0 Å². The van der Waals surface area contributed by atoms with Gasteiger partial charge in [-0.1, -0.05) is 27.7 Å². The van der Waals surface area contributed by atoms with E-state index in [0.29, 0.717) is 0 Å². The molecule has 0 rings (SSSR count). The van der Waals surface area contributed by atoms with Crippen molar-refractivity contribution < 1.29 is 29.3 Å². The minimum Gasteiger partial charge on any atom is -0.481 e. The minimum atomic E-state index is -1.31. The molecule has 0 amide bonds. The van der Waals surface area contributed by atoms with Gasteiger partial charge in [-0.15, -0.1) is 0 Å². The van der Waals surface area contributed by atoms with Crippen molar-refractivity contribution >= 4 is 17.9 Å². The van der Waals surface area contributed by atoms with Crippen LogP contribution in [-0.4, -0.2) is 34.7 Å². The first-order valence-corrected chi connectivity index (χ1v) is 5.66. The average molecular weight is 260 g/mol. The summed E-state index contributed by atoms with van der Waals surface area (Å²) in [6, 6.07) is 0. The molecule has 0 saturated carbocycles. The first-order valence-electron chi connectivity index (χ1n) is 5.66. The van der Waals surface area contributed by atoms with Crippen LogP contribution in [0.25, 0.3) is 0 Å². The van der Waals surface area contributed by atoms with Crippen molar-refractivity contribution in [2.24, 2.45) is 17.3 Å². The van der Waals surface area contributed by atoms with E-state index < -0.39 is 36.2 Å². The van der Waals surface area contributed by atoms with Crippen molar-refractivity contribution in [2.75, 3.05) is 6.61 Å². The number of rotatable bonds is 6. The van der Waals surface area contributed by atoms with Crippen LogP contribution in [0.5, 0.6) is 0 Å². The van der Waals surface area contributed by atoms with Crippen LogP contribution < -0.4 is 0 Å². The summed E-state index contributed by atoms with van der Waals surface area (Å²) >= 11 is 0. The Balaban J connectivity index is 4.47. The van der Waals surface area contributed by atoms with Crippen molar-refractivity contribution in [3.05, 3.63) is 0 Å². The molecule has 2 N–H and O–H groups in total. The van der Waals surface area contributed by atoms with Crippen LogP contribution in [0.1, 0.15) is 34.1 Å². The summed E-state index contributed by atoms with van der Waals surface area (Å²) < 4.78 is 4.92. The second-order valence-electron chi connectivity index (χ2n) is 5.50. The van der Waals surface area contributed by atoms with Gasteiger partial charge in [0.05, 0.1) is 24.9 Å². The van der Waals surface area contributed by atoms with E-state index in [2.05, 4.69) is 0 Å². The number of carbonyl (C=O) groups is 3. The molecule has 6 nitrogen and oxygen atoms in total. The fourth-order valence-electron chi connectivity index (χ4n) is 1.19. The topological polar surface area (TPSA) is 101 Å². The highest BCUT2D eigenvalue weighted by Crippen LogP contribution is 2.19. The van der Waals surface area contributed by atoms with E-state index in [4.69, 9.17) is 14.9 Å². The van der Waals surface area contributed by atoms with Gasteiger partial charge in [-0.25, -0.2) is 0 Å². The maximum absolute atomic E-state index is 11.5. The zero-order valence-corrected chi connectivity index (χ0v) is 11.1. The fraction of sp³-hybridized carbons (Fsp3) is 0.750. The molecule has 0 saturated heterocycles. The van der Waals surface area contributed by atoms with Gasteiger partial charge in [-0.2, -0.15) is 0 Å². The number of hydrogen-bond acceptors (Lipinski definition) is 4. The van der Waals surface area contributed by atoms with Crippen molar-refractivity contribution in [3.63, 3.8) is 0 Å². The lowest BCUT2D eigenvalue weighted by molar-refractivity contribution is -0.159. The predicted molar refractivity (Wildman–Crippen MR) is 63.0 cm³/mol. The van der Waals surface area contributed by atoms with Crippen molar-refractivity contribution in [1.82, 2.24) is 0 Å². The molecule has 0 bridgehead atoms. The van der Waals surface area contributed by atoms with E-state index in [1.165, 1.54) is 6.92 Å². The first kappa shape index (κ1) is 16.4. The number of ether oxygens (including phenoxy) is 1. The maximum Gasteiger partial charge on any atom is 0.307 e. The van der Waals surface area contributed by atoms with Crippen LogP contribution in [-0.2, 0) is 19.1 Å². The SMILES string of the molecule is CC(C(=O)O)C(CC(=O)OCC(C)(C)C)C(=O)O. The Bertz CT molecular complexity index is 328. The van der Waals surface area contributed by atoms with Gasteiger partial charge in [-0.05, 0) is 5.41 Å². The zero-order chi connectivity index (χ0) is 14.5. The minimum absolute atomic E-state index is 0.166. The summed E-state index contributed by atoms with van der Waals surface area (Å²) in [6.45, 7) is 7.04.